The molecule has 0 heterocycles. The van der Waals surface area contributed by atoms with E-state index in [9.17, 15) is 9.59 Å². The molecule has 1 aromatic carbocycles. The van der Waals surface area contributed by atoms with Gasteiger partial charge in [-0.05, 0) is 31.4 Å². The molecule has 2 amide bonds. The van der Waals surface area contributed by atoms with Gasteiger partial charge >= 0.3 is 6.03 Å². The molecule has 0 fully saturated rings. The van der Waals surface area contributed by atoms with E-state index < -0.39 is 0 Å². The zero-order chi connectivity index (χ0) is 15.0. The van der Waals surface area contributed by atoms with Gasteiger partial charge in [0.25, 0.3) is 0 Å². The second-order valence-electron chi connectivity index (χ2n) is 5.41. The van der Waals surface area contributed by atoms with Crippen LogP contribution in [0.3, 0.4) is 0 Å². The number of anilines is 1. The van der Waals surface area contributed by atoms with E-state index in [1.807, 2.05) is 0 Å². The van der Waals surface area contributed by atoms with E-state index in [0.717, 1.165) is 12.8 Å². The van der Waals surface area contributed by atoms with Crippen molar-refractivity contribution in [3.63, 3.8) is 0 Å². The zero-order valence-electron chi connectivity index (χ0n) is 12.5. The van der Waals surface area contributed by atoms with Gasteiger partial charge in [-0.1, -0.05) is 38.8 Å². The summed E-state index contributed by atoms with van der Waals surface area (Å²) in [6.07, 6.45) is 3.29. The Morgan fingerprint density at radius 2 is 1.95 bits per heavy atom. The SMILES string of the molecule is CC(=O)c1cccc(NC(=O)NCCCCC(C)C)c1. The molecular formula is C16H24N2O2. The first-order valence-corrected chi connectivity index (χ1v) is 7.15. The normalized spacial score (nSPS) is 10.4. The molecule has 110 valence electrons. The van der Waals surface area contributed by atoms with Crippen molar-refractivity contribution in [1.82, 2.24) is 5.32 Å². The van der Waals surface area contributed by atoms with Crippen LogP contribution < -0.4 is 10.6 Å². The second-order valence-corrected chi connectivity index (χ2v) is 5.41. The molecule has 0 atom stereocenters. The highest BCUT2D eigenvalue weighted by Gasteiger charge is 2.04. The summed E-state index contributed by atoms with van der Waals surface area (Å²) >= 11 is 0. The average molecular weight is 276 g/mol. The molecule has 0 aliphatic rings. The fourth-order valence-corrected chi connectivity index (χ4v) is 1.87. The Morgan fingerprint density at radius 3 is 2.60 bits per heavy atom. The van der Waals surface area contributed by atoms with Crippen molar-refractivity contribution in [1.29, 1.82) is 0 Å². The number of carbonyl (C=O) groups is 2. The summed E-state index contributed by atoms with van der Waals surface area (Å²) < 4.78 is 0. The van der Waals surface area contributed by atoms with Crippen molar-refractivity contribution in [3.8, 4) is 0 Å². The van der Waals surface area contributed by atoms with Crippen molar-refractivity contribution < 1.29 is 9.59 Å². The summed E-state index contributed by atoms with van der Waals surface area (Å²) in [5, 5.41) is 5.55. The van der Waals surface area contributed by atoms with E-state index in [1.54, 1.807) is 24.3 Å². The number of unbranched alkanes of at least 4 members (excludes halogenated alkanes) is 1. The maximum absolute atomic E-state index is 11.7. The minimum atomic E-state index is -0.227. The lowest BCUT2D eigenvalue weighted by molar-refractivity contribution is 0.101. The van der Waals surface area contributed by atoms with Crippen LogP contribution in [-0.2, 0) is 0 Å². The Hall–Kier alpha value is -1.84. The lowest BCUT2D eigenvalue weighted by atomic mass is 10.1. The molecule has 0 saturated carbocycles. The smallest absolute Gasteiger partial charge is 0.319 e. The van der Waals surface area contributed by atoms with Crippen molar-refractivity contribution in [2.45, 2.75) is 40.0 Å². The Balaban J connectivity index is 2.32. The van der Waals surface area contributed by atoms with Gasteiger partial charge in [0.1, 0.15) is 0 Å². The molecule has 0 unspecified atom stereocenters. The molecular weight excluding hydrogens is 252 g/mol. The third-order valence-electron chi connectivity index (χ3n) is 3.02. The van der Waals surface area contributed by atoms with Crippen LogP contribution in [0.4, 0.5) is 10.5 Å². The van der Waals surface area contributed by atoms with E-state index >= 15 is 0 Å². The monoisotopic (exact) mass is 276 g/mol. The standard InChI is InChI=1S/C16H24N2O2/c1-12(2)7-4-5-10-17-16(20)18-15-9-6-8-14(11-15)13(3)19/h6,8-9,11-12H,4-5,7,10H2,1-3H3,(H2,17,18,20). The summed E-state index contributed by atoms with van der Waals surface area (Å²) in [5.74, 6) is 0.695. The highest BCUT2D eigenvalue weighted by atomic mass is 16.2. The number of urea groups is 1. The fraction of sp³-hybridized carbons (Fsp3) is 0.500. The second kappa shape index (κ2) is 8.35. The van der Waals surface area contributed by atoms with Gasteiger partial charge in [0.15, 0.2) is 5.78 Å². The number of hydrogen-bond acceptors (Lipinski definition) is 2. The summed E-state index contributed by atoms with van der Waals surface area (Å²) in [6.45, 7) is 6.57. The van der Waals surface area contributed by atoms with E-state index in [1.165, 1.54) is 13.3 Å². The van der Waals surface area contributed by atoms with Crippen molar-refractivity contribution in [3.05, 3.63) is 29.8 Å². The number of ketones is 1. The van der Waals surface area contributed by atoms with Crippen molar-refractivity contribution >= 4 is 17.5 Å². The molecule has 4 nitrogen and oxygen atoms in total. The van der Waals surface area contributed by atoms with E-state index in [-0.39, 0.29) is 11.8 Å². The average Bonchev–Trinajstić information content (AvgIpc) is 2.38. The summed E-state index contributed by atoms with van der Waals surface area (Å²) in [4.78, 5) is 22.9. The first kappa shape index (κ1) is 16.2. The summed E-state index contributed by atoms with van der Waals surface area (Å²) in [7, 11) is 0. The lowest BCUT2D eigenvalue weighted by Gasteiger charge is -2.09. The van der Waals surface area contributed by atoms with Gasteiger partial charge in [0.05, 0.1) is 0 Å². The molecule has 0 aliphatic carbocycles. The Labute approximate surface area is 121 Å². The van der Waals surface area contributed by atoms with Gasteiger partial charge in [-0.15, -0.1) is 0 Å². The number of carbonyl (C=O) groups excluding carboxylic acids is 2. The summed E-state index contributed by atoms with van der Waals surface area (Å²) in [6, 6.07) is 6.72. The Morgan fingerprint density at radius 1 is 1.20 bits per heavy atom. The van der Waals surface area contributed by atoms with Crippen LogP contribution in [0.25, 0.3) is 0 Å². The minimum Gasteiger partial charge on any atom is -0.338 e. The predicted octanol–water partition coefficient (Wildman–Crippen LogP) is 3.84. The Kier molecular flexibility index (Phi) is 6.77. The van der Waals surface area contributed by atoms with Crippen LogP contribution >= 0.6 is 0 Å². The molecule has 4 heteroatoms. The van der Waals surface area contributed by atoms with Crippen LogP contribution in [0.15, 0.2) is 24.3 Å². The first-order chi connectivity index (χ1) is 9.49. The minimum absolute atomic E-state index is 0.0113. The summed E-state index contributed by atoms with van der Waals surface area (Å²) in [5.41, 5.74) is 1.23. The van der Waals surface area contributed by atoms with Gasteiger partial charge in [0.2, 0.25) is 0 Å². The lowest BCUT2D eigenvalue weighted by Crippen LogP contribution is -2.29. The van der Waals surface area contributed by atoms with Crippen molar-refractivity contribution in [2.75, 3.05) is 11.9 Å². The molecule has 0 radical (unpaired) electrons. The van der Waals surface area contributed by atoms with E-state index in [0.29, 0.717) is 23.7 Å². The van der Waals surface area contributed by atoms with Gasteiger partial charge < -0.3 is 10.6 Å². The molecule has 0 spiro atoms. The first-order valence-electron chi connectivity index (χ1n) is 7.15. The van der Waals surface area contributed by atoms with Crippen LogP contribution in [0.2, 0.25) is 0 Å². The predicted molar refractivity (Wildman–Crippen MR) is 82.2 cm³/mol. The van der Waals surface area contributed by atoms with E-state index in [2.05, 4.69) is 24.5 Å². The maximum Gasteiger partial charge on any atom is 0.319 e. The number of rotatable bonds is 7. The molecule has 0 aromatic heterocycles. The number of amides is 2. The topological polar surface area (TPSA) is 58.2 Å². The van der Waals surface area contributed by atoms with Crippen molar-refractivity contribution in [2.24, 2.45) is 5.92 Å². The van der Waals surface area contributed by atoms with Crippen LogP contribution in [0.1, 0.15) is 50.4 Å². The Bertz CT molecular complexity index is 456. The molecule has 2 N–H and O–H groups in total. The highest BCUT2D eigenvalue weighted by Crippen LogP contribution is 2.11. The number of Topliss-reactive ketones (excluding diaryl/α,β-unsaturated/α-hetero) is 1. The van der Waals surface area contributed by atoms with E-state index in [4.69, 9.17) is 0 Å². The molecule has 1 rings (SSSR count). The molecule has 0 saturated heterocycles. The molecule has 1 aromatic rings. The number of nitrogens with one attached hydrogen (secondary N) is 2. The zero-order valence-corrected chi connectivity index (χ0v) is 12.5. The third-order valence-corrected chi connectivity index (χ3v) is 3.02. The number of benzene rings is 1. The van der Waals surface area contributed by atoms with Crippen LogP contribution in [0.5, 0.6) is 0 Å². The van der Waals surface area contributed by atoms with Gasteiger partial charge in [-0.2, -0.15) is 0 Å². The largest absolute Gasteiger partial charge is 0.338 e. The van der Waals surface area contributed by atoms with Crippen LogP contribution in [-0.4, -0.2) is 18.4 Å². The van der Waals surface area contributed by atoms with Gasteiger partial charge in [0, 0.05) is 17.8 Å². The molecule has 0 bridgehead atoms. The van der Waals surface area contributed by atoms with Gasteiger partial charge in [-0.3, -0.25) is 4.79 Å². The van der Waals surface area contributed by atoms with Crippen LogP contribution in [0, 0.1) is 5.92 Å². The molecule has 20 heavy (non-hydrogen) atoms. The maximum atomic E-state index is 11.7. The molecule has 0 aliphatic heterocycles. The highest BCUT2D eigenvalue weighted by molar-refractivity contribution is 5.96. The fourth-order valence-electron chi connectivity index (χ4n) is 1.87. The number of hydrogen-bond donors (Lipinski definition) is 2. The van der Waals surface area contributed by atoms with Gasteiger partial charge in [-0.25, -0.2) is 4.79 Å². The quantitative estimate of drug-likeness (QED) is 0.587. The third kappa shape index (κ3) is 6.36.